The zero-order chi connectivity index (χ0) is 15.0. The van der Waals surface area contributed by atoms with Gasteiger partial charge in [0.2, 0.25) is 10.0 Å². The van der Waals surface area contributed by atoms with Crippen molar-refractivity contribution in [1.29, 1.82) is 0 Å². The first-order chi connectivity index (χ1) is 9.45. The molecule has 0 radical (unpaired) electrons. The average molecular weight is 363 g/mol. The minimum Gasteiger partial charge on any atom is -0.317 e. The third kappa shape index (κ3) is 6.35. The predicted octanol–water partition coefficient (Wildman–Crippen LogP) is 2.60. The molecule has 0 spiro atoms. The summed E-state index contributed by atoms with van der Waals surface area (Å²) in [4.78, 5) is 0. The van der Waals surface area contributed by atoms with E-state index in [1.54, 1.807) is 7.05 Å². The summed E-state index contributed by atoms with van der Waals surface area (Å²) in [5.74, 6) is 0.191. The van der Waals surface area contributed by atoms with E-state index in [0.29, 0.717) is 13.0 Å². The fourth-order valence-electron chi connectivity index (χ4n) is 1.78. The van der Waals surface area contributed by atoms with Crippen LogP contribution in [0.15, 0.2) is 28.7 Å². The van der Waals surface area contributed by atoms with Crippen LogP contribution in [0.25, 0.3) is 0 Å². The van der Waals surface area contributed by atoms with Crippen molar-refractivity contribution in [2.24, 2.45) is 0 Å². The maximum atomic E-state index is 12.1. The third-order valence-electron chi connectivity index (χ3n) is 2.98. The Hall–Kier alpha value is -0.430. The topological polar surface area (TPSA) is 49.4 Å². The SMILES string of the molecule is CCCNCCCS(=O)(=O)N(C)Cc1ccc(Br)cc1. The summed E-state index contributed by atoms with van der Waals surface area (Å²) < 4.78 is 26.7. The third-order valence-corrected chi connectivity index (χ3v) is 5.39. The zero-order valence-corrected chi connectivity index (χ0v) is 14.5. The molecule has 0 saturated carbocycles. The molecule has 0 aromatic heterocycles. The second kappa shape index (κ2) is 8.77. The van der Waals surface area contributed by atoms with Gasteiger partial charge in [-0.3, -0.25) is 0 Å². The standard InChI is InChI=1S/C14H23BrN2O2S/c1-3-9-16-10-4-11-20(18,19)17(2)12-13-5-7-14(15)8-6-13/h5-8,16H,3-4,9-12H2,1-2H3. The second-order valence-electron chi connectivity index (χ2n) is 4.80. The van der Waals surface area contributed by atoms with E-state index >= 15 is 0 Å². The lowest BCUT2D eigenvalue weighted by atomic mass is 10.2. The smallest absolute Gasteiger partial charge is 0.214 e. The van der Waals surface area contributed by atoms with E-state index in [1.165, 1.54) is 4.31 Å². The van der Waals surface area contributed by atoms with Gasteiger partial charge in [0, 0.05) is 18.1 Å². The molecule has 1 N–H and O–H groups in total. The van der Waals surface area contributed by atoms with E-state index in [2.05, 4.69) is 28.2 Å². The van der Waals surface area contributed by atoms with E-state index in [4.69, 9.17) is 0 Å². The molecule has 0 saturated heterocycles. The molecule has 0 bridgehead atoms. The minimum atomic E-state index is -3.17. The van der Waals surface area contributed by atoms with Crippen molar-refractivity contribution in [3.8, 4) is 0 Å². The molecular weight excluding hydrogens is 340 g/mol. The maximum Gasteiger partial charge on any atom is 0.214 e. The van der Waals surface area contributed by atoms with Crippen LogP contribution in [0.3, 0.4) is 0 Å². The average Bonchev–Trinajstić information content (AvgIpc) is 2.41. The van der Waals surface area contributed by atoms with Crippen LogP contribution in [0.4, 0.5) is 0 Å². The summed E-state index contributed by atoms with van der Waals surface area (Å²) in [6, 6.07) is 7.70. The Balaban J connectivity index is 2.44. The fourth-order valence-corrected chi connectivity index (χ4v) is 3.21. The van der Waals surface area contributed by atoms with Crippen molar-refractivity contribution in [3.63, 3.8) is 0 Å². The van der Waals surface area contributed by atoms with Crippen LogP contribution in [0.2, 0.25) is 0 Å². The molecule has 4 nitrogen and oxygen atoms in total. The molecule has 1 aromatic carbocycles. The lowest BCUT2D eigenvalue weighted by Crippen LogP contribution is -2.30. The van der Waals surface area contributed by atoms with E-state index in [0.717, 1.165) is 29.5 Å². The normalized spacial score (nSPS) is 12.0. The molecule has 0 aliphatic heterocycles. The highest BCUT2D eigenvalue weighted by Gasteiger charge is 2.17. The first kappa shape index (κ1) is 17.6. The van der Waals surface area contributed by atoms with Crippen molar-refractivity contribution < 1.29 is 8.42 Å². The van der Waals surface area contributed by atoms with Crippen LogP contribution in [-0.2, 0) is 16.6 Å². The molecule has 0 amide bonds. The molecule has 0 aliphatic rings. The summed E-state index contributed by atoms with van der Waals surface area (Å²) in [6.07, 6.45) is 1.71. The number of nitrogens with one attached hydrogen (secondary N) is 1. The lowest BCUT2D eigenvalue weighted by molar-refractivity contribution is 0.464. The molecule has 0 atom stereocenters. The fraction of sp³-hybridized carbons (Fsp3) is 0.571. The van der Waals surface area contributed by atoms with E-state index in [9.17, 15) is 8.42 Å². The first-order valence-electron chi connectivity index (χ1n) is 6.85. The molecule has 1 rings (SSSR count). The van der Waals surface area contributed by atoms with Gasteiger partial charge in [-0.2, -0.15) is 0 Å². The number of rotatable bonds is 9. The maximum absolute atomic E-state index is 12.1. The Morgan fingerprint density at radius 2 is 1.85 bits per heavy atom. The molecule has 6 heteroatoms. The number of hydrogen-bond acceptors (Lipinski definition) is 3. The van der Waals surface area contributed by atoms with Gasteiger partial charge in [-0.25, -0.2) is 12.7 Å². The van der Waals surface area contributed by atoms with Crippen LogP contribution < -0.4 is 5.32 Å². The molecule has 114 valence electrons. The summed E-state index contributed by atoms with van der Waals surface area (Å²) in [5, 5.41) is 3.21. The second-order valence-corrected chi connectivity index (χ2v) is 7.91. The Labute approximate surface area is 130 Å². The van der Waals surface area contributed by atoms with Gasteiger partial charge in [-0.1, -0.05) is 35.0 Å². The van der Waals surface area contributed by atoms with Crippen LogP contribution in [0.5, 0.6) is 0 Å². The number of hydrogen-bond donors (Lipinski definition) is 1. The van der Waals surface area contributed by atoms with Crippen molar-refractivity contribution in [3.05, 3.63) is 34.3 Å². The van der Waals surface area contributed by atoms with Crippen molar-refractivity contribution >= 4 is 26.0 Å². The molecule has 20 heavy (non-hydrogen) atoms. The Kier molecular flexibility index (Phi) is 7.72. The number of benzene rings is 1. The minimum absolute atomic E-state index is 0.191. The summed E-state index contributed by atoms with van der Waals surface area (Å²) in [7, 11) is -1.54. The molecular formula is C14H23BrN2O2S. The van der Waals surface area contributed by atoms with Gasteiger partial charge >= 0.3 is 0 Å². The summed E-state index contributed by atoms with van der Waals surface area (Å²) in [6.45, 7) is 4.20. The van der Waals surface area contributed by atoms with Gasteiger partial charge in [-0.15, -0.1) is 0 Å². The van der Waals surface area contributed by atoms with E-state index in [-0.39, 0.29) is 5.75 Å². The van der Waals surface area contributed by atoms with Gasteiger partial charge in [0.05, 0.1) is 5.75 Å². The monoisotopic (exact) mass is 362 g/mol. The molecule has 0 aliphatic carbocycles. The van der Waals surface area contributed by atoms with Gasteiger partial charge in [0.1, 0.15) is 0 Å². The largest absolute Gasteiger partial charge is 0.317 e. The van der Waals surface area contributed by atoms with Crippen molar-refractivity contribution in [1.82, 2.24) is 9.62 Å². The molecule has 0 unspecified atom stereocenters. The zero-order valence-electron chi connectivity index (χ0n) is 12.1. The number of nitrogens with zero attached hydrogens (tertiary/aromatic N) is 1. The van der Waals surface area contributed by atoms with E-state index < -0.39 is 10.0 Å². The Morgan fingerprint density at radius 1 is 1.20 bits per heavy atom. The Bertz CT molecular complexity index is 488. The number of sulfonamides is 1. The lowest BCUT2D eigenvalue weighted by Gasteiger charge is -2.17. The first-order valence-corrected chi connectivity index (χ1v) is 9.25. The van der Waals surface area contributed by atoms with Crippen LogP contribution in [0, 0.1) is 0 Å². The van der Waals surface area contributed by atoms with Gasteiger partial charge in [0.15, 0.2) is 0 Å². The highest BCUT2D eigenvalue weighted by molar-refractivity contribution is 9.10. The van der Waals surface area contributed by atoms with Gasteiger partial charge in [-0.05, 0) is 43.6 Å². The predicted molar refractivity (Wildman–Crippen MR) is 87.2 cm³/mol. The van der Waals surface area contributed by atoms with Crippen molar-refractivity contribution in [2.45, 2.75) is 26.3 Å². The van der Waals surface area contributed by atoms with Crippen LogP contribution >= 0.6 is 15.9 Å². The highest BCUT2D eigenvalue weighted by atomic mass is 79.9. The quantitative estimate of drug-likeness (QED) is 0.686. The Morgan fingerprint density at radius 3 is 2.45 bits per heavy atom. The van der Waals surface area contributed by atoms with Gasteiger partial charge < -0.3 is 5.32 Å². The number of halogens is 1. The van der Waals surface area contributed by atoms with Gasteiger partial charge in [0.25, 0.3) is 0 Å². The molecule has 0 fully saturated rings. The molecule has 0 heterocycles. The van der Waals surface area contributed by atoms with Crippen LogP contribution in [0.1, 0.15) is 25.3 Å². The van der Waals surface area contributed by atoms with Crippen LogP contribution in [-0.4, -0.2) is 38.6 Å². The summed E-state index contributed by atoms with van der Waals surface area (Å²) in [5.41, 5.74) is 0.989. The molecule has 1 aromatic rings. The van der Waals surface area contributed by atoms with E-state index in [1.807, 2.05) is 24.3 Å². The summed E-state index contributed by atoms with van der Waals surface area (Å²) >= 11 is 3.37. The highest BCUT2D eigenvalue weighted by Crippen LogP contribution is 2.13. The van der Waals surface area contributed by atoms with Crippen molar-refractivity contribution in [2.75, 3.05) is 25.9 Å².